The zero-order chi connectivity index (χ0) is 22.4. The maximum Gasteiger partial charge on any atom is 0.249 e. The van der Waals surface area contributed by atoms with E-state index in [4.69, 9.17) is 16.6 Å². The minimum Gasteiger partial charge on any atom is -0.322 e. The number of fused-ring (bicyclic) bond motifs is 2. The molecule has 158 valence electrons. The number of hydrogen-bond donors (Lipinski definition) is 1. The highest BCUT2D eigenvalue weighted by Gasteiger charge is 2.21. The van der Waals surface area contributed by atoms with Crippen LogP contribution >= 0.6 is 11.6 Å². The summed E-state index contributed by atoms with van der Waals surface area (Å²) < 4.78 is 2.05. The number of nitrogens with one attached hydrogen (secondary N) is 1. The zero-order valence-electron chi connectivity index (χ0n) is 17.4. The minimum atomic E-state index is -0.194. The second-order valence-electron chi connectivity index (χ2n) is 7.76. The zero-order valence-corrected chi connectivity index (χ0v) is 18.1. The summed E-state index contributed by atoms with van der Waals surface area (Å²) >= 11 is 6.69. The van der Waals surface area contributed by atoms with E-state index in [0.717, 1.165) is 44.4 Å². The highest BCUT2D eigenvalue weighted by molar-refractivity contribution is 6.35. The Hall–Kier alpha value is -4.22. The fourth-order valence-electron chi connectivity index (χ4n) is 4.28. The van der Waals surface area contributed by atoms with Crippen molar-refractivity contribution in [1.82, 2.24) is 19.5 Å². The van der Waals surface area contributed by atoms with E-state index in [1.807, 2.05) is 83.7 Å². The van der Waals surface area contributed by atoms with Gasteiger partial charge in [0.1, 0.15) is 5.65 Å². The van der Waals surface area contributed by atoms with E-state index in [9.17, 15) is 4.79 Å². The van der Waals surface area contributed by atoms with Gasteiger partial charge in [-0.05, 0) is 42.0 Å². The van der Waals surface area contributed by atoms with E-state index in [2.05, 4.69) is 16.0 Å². The van der Waals surface area contributed by atoms with Crippen molar-refractivity contribution in [2.24, 2.45) is 0 Å². The van der Waals surface area contributed by atoms with Crippen LogP contribution < -0.4 is 5.56 Å². The average Bonchev–Trinajstić information content (AvgIpc) is 3.38. The molecule has 0 aliphatic carbocycles. The van der Waals surface area contributed by atoms with Crippen LogP contribution in [0.3, 0.4) is 0 Å². The summed E-state index contributed by atoms with van der Waals surface area (Å²) in [6, 6.07) is 25.2. The van der Waals surface area contributed by atoms with E-state index < -0.39 is 0 Å². The summed E-state index contributed by atoms with van der Waals surface area (Å²) in [5, 5.41) is 2.35. The lowest BCUT2D eigenvalue weighted by atomic mass is 9.94. The van der Waals surface area contributed by atoms with Crippen LogP contribution in [0.25, 0.3) is 50.0 Å². The van der Waals surface area contributed by atoms with Gasteiger partial charge in [0.25, 0.3) is 0 Å². The number of aromatic nitrogens is 4. The first kappa shape index (κ1) is 19.5. The fourth-order valence-corrected chi connectivity index (χ4v) is 4.56. The van der Waals surface area contributed by atoms with E-state index in [1.165, 1.54) is 6.07 Å². The Kier molecular flexibility index (Phi) is 4.56. The lowest BCUT2D eigenvalue weighted by Gasteiger charge is -2.19. The summed E-state index contributed by atoms with van der Waals surface area (Å²) in [7, 11) is 0. The van der Waals surface area contributed by atoms with Gasteiger partial charge in [-0.3, -0.25) is 9.78 Å². The molecule has 4 aromatic heterocycles. The van der Waals surface area contributed by atoms with Crippen molar-refractivity contribution in [3.05, 3.63) is 113 Å². The Labute approximate surface area is 194 Å². The number of pyridine rings is 3. The van der Waals surface area contributed by atoms with Crippen LogP contribution in [0.5, 0.6) is 0 Å². The van der Waals surface area contributed by atoms with Crippen molar-refractivity contribution < 1.29 is 0 Å². The monoisotopic (exact) mass is 448 g/mol. The predicted octanol–water partition coefficient (Wildman–Crippen LogP) is 6.25. The molecular formula is C27H17ClN4O. The second-order valence-corrected chi connectivity index (χ2v) is 8.17. The molecule has 0 saturated carbocycles. The van der Waals surface area contributed by atoms with E-state index in [-0.39, 0.29) is 5.56 Å². The van der Waals surface area contributed by atoms with Crippen molar-refractivity contribution >= 4 is 33.5 Å². The van der Waals surface area contributed by atoms with Gasteiger partial charge in [-0.1, -0.05) is 48.0 Å². The average molecular weight is 449 g/mol. The third kappa shape index (κ3) is 3.30. The summed E-state index contributed by atoms with van der Waals surface area (Å²) in [6.45, 7) is 0. The molecule has 6 rings (SSSR count). The van der Waals surface area contributed by atoms with Crippen LogP contribution in [-0.4, -0.2) is 19.5 Å². The Morgan fingerprint density at radius 2 is 1.67 bits per heavy atom. The number of benzene rings is 2. The second kappa shape index (κ2) is 7.73. The third-order valence-electron chi connectivity index (χ3n) is 5.71. The molecule has 1 N–H and O–H groups in total. The van der Waals surface area contributed by atoms with Crippen molar-refractivity contribution in [2.45, 2.75) is 0 Å². The summed E-state index contributed by atoms with van der Waals surface area (Å²) in [6.07, 6.45) is 5.72. The molecule has 6 heteroatoms. The maximum atomic E-state index is 12.1. The standard InChI is InChI=1S/C27H17ClN4O/c28-21-16-19(15-18-9-6-12-29-24(18)21)23-25(17-7-2-1-3-8-17)31-27-20(10-11-22(33)30-27)26(23)32-13-4-5-14-32/h1-16H,(H,30,31,33). The topological polar surface area (TPSA) is 63.6 Å². The van der Waals surface area contributed by atoms with Crippen LogP contribution in [0.1, 0.15) is 0 Å². The number of hydrogen-bond acceptors (Lipinski definition) is 3. The SMILES string of the molecule is O=c1ccc2c(-n3cccc3)c(-c3cc(Cl)c4ncccc4c3)c(-c3ccccc3)nc2[nH]1. The molecule has 0 aliphatic rings. The Balaban J connectivity index is 1.81. The van der Waals surface area contributed by atoms with E-state index >= 15 is 0 Å². The smallest absolute Gasteiger partial charge is 0.249 e. The highest BCUT2D eigenvalue weighted by atomic mass is 35.5. The maximum absolute atomic E-state index is 12.1. The predicted molar refractivity (Wildman–Crippen MR) is 133 cm³/mol. The molecule has 0 spiro atoms. The van der Waals surface area contributed by atoms with E-state index in [1.54, 1.807) is 6.20 Å². The molecule has 0 unspecified atom stereocenters. The first-order valence-corrected chi connectivity index (χ1v) is 10.9. The Bertz CT molecular complexity index is 1690. The number of aromatic amines is 1. The van der Waals surface area contributed by atoms with Gasteiger partial charge in [0.2, 0.25) is 5.56 Å². The quantitative estimate of drug-likeness (QED) is 0.348. The van der Waals surface area contributed by atoms with Crippen LogP contribution in [0.2, 0.25) is 5.02 Å². The molecule has 0 radical (unpaired) electrons. The molecule has 33 heavy (non-hydrogen) atoms. The van der Waals surface area contributed by atoms with Crippen LogP contribution in [0.15, 0.2) is 102 Å². The molecule has 0 aliphatic heterocycles. The molecule has 0 saturated heterocycles. The van der Waals surface area contributed by atoms with Crippen molar-refractivity contribution in [1.29, 1.82) is 0 Å². The van der Waals surface area contributed by atoms with Gasteiger partial charge >= 0.3 is 0 Å². The van der Waals surface area contributed by atoms with E-state index in [0.29, 0.717) is 10.7 Å². The van der Waals surface area contributed by atoms with Gasteiger partial charge in [-0.2, -0.15) is 0 Å². The van der Waals surface area contributed by atoms with Crippen LogP contribution in [-0.2, 0) is 0 Å². The lowest BCUT2D eigenvalue weighted by Crippen LogP contribution is -2.08. The highest BCUT2D eigenvalue weighted by Crippen LogP contribution is 2.41. The molecular weight excluding hydrogens is 432 g/mol. The van der Waals surface area contributed by atoms with Gasteiger partial charge in [-0.25, -0.2) is 4.98 Å². The summed E-state index contributed by atoms with van der Waals surface area (Å²) in [4.78, 5) is 24.4. The van der Waals surface area contributed by atoms with Gasteiger partial charge in [0, 0.05) is 46.6 Å². The molecule has 0 amide bonds. The Morgan fingerprint density at radius 1 is 0.848 bits per heavy atom. The van der Waals surface area contributed by atoms with Crippen molar-refractivity contribution in [3.63, 3.8) is 0 Å². The third-order valence-corrected chi connectivity index (χ3v) is 6.00. The number of H-pyrrole nitrogens is 1. The number of halogens is 1. The molecule has 0 fully saturated rings. The lowest BCUT2D eigenvalue weighted by molar-refractivity contribution is 1.08. The van der Waals surface area contributed by atoms with Crippen molar-refractivity contribution in [3.8, 4) is 28.1 Å². The number of rotatable bonds is 3. The molecule has 0 bridgehead atoms. The molecule has 0 atom stereocenters. The van der Waals surface area contributed by atoms with Gasteiger partial charge in [0.15, 0.2) is 0 Å². The normalized spacial score (nSPS) is 11.3. The van der Waals surface area contributed by atoms with Gasteiger partial charge in [0.05, 0.1) is 21.9 Å². The Morgan fingerprint density at radius 3 is 2.48 bits per heavy atom. The molecule has 4 heterocycles. The van der Waals surface area contributed by atoms with Crippen LogP contribution in [0.4, 0.5) is 0 Å². The van der Waals surface area contributed by atoms with Gasteiger partial charge in [-0.15, -0.1) is 0 Å². The fraction of sp³-hybridized carbons (Fsp3) is 0. The molecule has 2 aromatic carbocycles. The largest absolute Gasteiger partial charge is 0.322 e. The van der Waals surface area contributed by atoms with Gasteiger partial charge < -0.3 is 9.55 Å². The molecule has 5 nitrogen and oxygen atoms in total. The summed E-state index contributed by atoms with van der Waals surface area (Å²) in [5.41, 5.74) is 5.54. The first-order chi connectivity index (χ1) is 16.2. The number of nitrogens with zero attached hydrogens (tertiary/aromatic N) is 3. The molecule has 6 aromatic rings. The van der Waals surface area contributed by atoms with Crippen molar-refractivity contribution in [2.75, 3.05) is 0 Å². The van der Waals surface area contributed by atoms with Crippen LogP contribution in [0, 0.1) is 0 Å². The summed E-state index contributed by atoms with van der Waals surface area (Å²) in [5.74, 6) is 0. The first-order valence-electron chi connectivity index (χ1n) is 10.5. The minimum absolute atomic E-state index is 0.194.